The van der Waals surface area contributed by atoms with E-state index in [1.54, 1.807) is 0 Å². The predicted molar refractivity (Wildman–Crippen MR) is 104 cm³/mol. The van der Waals surface area contributed by atoms with Gasteiger partial charge in [-0.1, -0.05) is 60.1 Å². The first kappa shape index (κ1) is 14.8. The molecule has 0 saturated heterocycles. The molecule has 116 valence electrons. The lowest BCUT2D eigenvalue weighted by atomic mass is 10.1. The molecule has 0 unspecified atom stereocenters. The molecule has 0 N–H and O–H groups in total. The van der Waals surface area contributed by atoms with E-state index in [4.69, 9.17) is 11.6 Å². The average molecular weight is 330 g/mol. The largest absolute Gasteiger partial charge is 0.310 e. The molecule has 0 heterocycles. The third-order valence-electron chi connectivity index (χ3n) is 4.09. The Morgan fingerprint density at radius 3 is 1.83 bits per heavy atom. The summed E-state index contributed by atoms with van der Waals surface area (Å²) >= 11 is 6.07. The number of para-hydroxylation sites is 1. The Kier molecular flexibility index (Phi) is 3.94. The second-order valence-corrected chi connectivity index (χ2v) is 6.12. The first-order valence-corrected chi connectivity index (χ1v) is 8.29. The van der Waals surface area contributed by atoms with Gasteiger partial charge < -0.3 is 4.90 Å². The summed E-state index contributed by atoms with van der Waals surface area (Å²) in [4.78, 5) is 2.24. The van der Waals surface area contributed by atoms with Gasteiger partial charge in [0.1, 0.15) is 0 Å². The van der Waals surface area contributed by atoms with E-state index in [2.05, 4.69) is 71.6 Å². The lowest BCUT2D eigenvalue weighted by Crippen LogP contribution is -2.09. The van der Waals surface area contributed by atoms with E-state index in [0.29, 0.717) is 0 Å². The summed E-state index contributed by atoms with van der Waals surface area (Å²) in [5.41, 5.74) is 3.33. The van der Waals surface area contributed by atoms with Gasteiger partial charge >= 0.3 is 0 Å². The van der Waals surface area contributed by atoms with Crippen LogP contribution < -0.4 is 4.90 Å². The van der Waals surface area contributed by atoms with Gasteiger partial charge in [-0.15, -0.1) is 0 Å². The van der Waals surface area contributed by atoms with Gasteiger partial charge in [0.05, 0.1) is 0 Å². The topological polar surface area (TPSA) is 3.24 Å². The van der Waals surface area contributed by atoms with Crippen LogP contribution in [0.15, 0.2) is 97.1 Å². The Morgan fingerprint density at radius 2 is 1.08 bits per heavy atom. The Morgan fingerprint density at radius 1 is 0.500 bits per heavy atom. The third kappa shape index (κ3) is 2.86. The molecular weight excluding hydrogens is 314 g/mol. The minimum Gasteiger partial charge on any atom is -0.310 e. The SMILES string of the molecule is Clc1ccc(N(c2ccccc2)c2ccc3ccccc3c2)cc1. The number of halogens is 1. The maximum Gasteiger partial charge on any atom is 0.0468 e. The van der Waals surface area contributed by atoms with Crippen molar-refractivity contribution >= 4 is 39.4 Å². The molecule has 0 amide bonds. The van der Waals surface area contributed by atoms with E-state index in [1.807, 2.05) is 30.3 Å². The molecule has 0 spiro atoms. The van der Waals surface area contributed by atoms with Crippen LogP contribution in [0.25, 0.3) is 10.8 Å². The van der Waals surface area contributed by atoms with E-state index in [-0.39, 0.29) is 0 Å². The highest BCUT2D eigenvalue weighted by atomic mass is 35.5. The minimum absolute atomic E-state index is 0.741. The highest BCUT2D eigenvalue weighted by molar-refractivity contribution is 6.30. The highest BCUT2D eigenvalue weighted by Crippen LogP contribution is 2.36. The summed E-state index contributed by atoms with van der Waals surface area (Å²) in [6.07, 6.45) is 0. The van der Waals surface area contributed by atoms with Gasteiger partial charge in [-0.05, 0) is 59.3 Å². The zero-order valence-corrected chi connectivity index (χ0v) is 13.8. The van der Waals surface area contributed by atoms with Crippen molar-refractivity contribution in [2.75, 3.05) is 4.90 Å². The van der Waals surface area contributed by atoms with E-state index >= 15 is 0 Å². The first-order chi connectivity index (χ1) is 11.8. The first-order valence-electron chi connectivity index (χ1n) is 7.91. The fourth-order valence-electron chi connectivity index (χ4n) is 2.93. The molecule has 0 bridgehead atoms. The quantitative estimate of drug-likeness (QED) is 0.392. The van der Waals surface area contributed by atoms with Crippen molar-refractivity contribution in [2.45, 2.75) is 0 Å². The zero-order chi connectivity index (χ0) is 16.4. The van der Waals surface area contributed by atoms with Gasteiger partial charge in [-0.25, -0.2) is 0 Å². The molecule has 0 atom stereocenters. The fraction of sp³-hybridized carbons (Fsp3) is 0. The third-order valence-corrected chi connectivity index (χ3v) is 4.34. The molecule has 0 aliphatic carbocycles. The highest BCUT2D eigenvalue weighted by Gasteiger charge is 2.12. The summed E-state index contributed by atoms with van der Waals surface area (Å²) in [7, 11) is 0. The van der Waals surface area contributed by atoms with Crippen molar-refractivity contribution in [2.24, 2.45) is 0 Å². The molecule has 4 aromatic carbocycles. The monoisotopic (exact) mass is 329 g/mol. The molecular formula is C22H16ClN. The van der Waals surface area contributed by atoms with Crippen molar-refractivity contribution in [3.8, 4) is 0 Å². The maximum absolute atomic E-state index is 6.07. The van der Waals surface area contributed by atoms with Crippen LogP contribution in [0.2, 0.25) is 5.02 Å². The summed E-state index contributed by atoms with van der Waals surface area (Å²) in [5.74, 6) is 0. The maximum atomic E-state index is 6.07. The standard InChI is InChI=1S/C22H16ClN/c23-19-11-14-21(15-12-19)24(20-8-2-1-3-9-20)22-13-10-17-6-4-5-7-18(17)16-22/h1-16H. The van der Waals surface area contributed by atoms with Crippen LogP contribution in [0.4, 0.5) is 17.1 Å². The van der Waals surface area contributed by atoms with Gasteiger partial charge in [0.2, 0.25) is 0 Å². The van der Waals surface area contributed by atoms with E-state index in [0.717, 1.165) is 22.1 Å². The molecule has 0 radical (unpaired) electrons. The molecule has 2 heteroatoms. The van der Waals surface area contributed by atoms with Gasteiger partial charge in [0.15, 0.2) is 0 Å². The van der Waals surface area contributed by atoms with Crippen molar-refractivity contribution < 1.29 is 0 Å². The summed E-state index contributed by atoms with van der Waals surface area (Å²) in [5, 5.41) is 3.21. The van der Waals surface area contributed by atoms with Crippen molar-refractivity contribution in [1.82, 2.24) is 0 Å². The molecule has 0 aliphatic heterocycles. The van der Waals surface area contributed by atoms with Gasteiger partial charge in [0, 0.05) is 22.1 Å². The lowest BCUT2D eigenvalue weighted by molar-refractivity contribution is 1.29. The Labute approximate surface area is 146 Å². The number of hydrogen-bond donors (Lipinski definition) is 0. The van der Waals surface area contributed by atoms with Crippen LogP contribution in [0.1, 0.15) is 0 Å². The number of fused-ring (bicyclic) bond motifs is 1. The van der Waals surface area contributed by atoms with Crippen molar-refractivity contribution in [1.29, 1.82) is 0 Å². The number of anilines is 3. The van der Waals surface area contributed by atoms with Crippen LogP contribution in [0.3, 0.4) is 0 Å². The van der Waals surface area contributed by atoms with Gasteiger partial charge in [0.25, 0.3) is 0 Å². The second kappa shape index (κ2) is 6.38. The van der Waals surface area contributed by atoms with E-state index in [9.17, 15) is 0 Å². The fourth-order valence-corrected chi connectivity index (χ4v) is 3.06. The van der Waals surface area contributed by atoms with Crippen molar-refractivity contribution in [3.05, 3.63) is 102 Å². The smallest absolute Gasteiger partial charge is 0.0468 e. The summed E-state index contributed by atoms with van der Waals surface area (Å²) < 4.78 is 0. The number of rotatable bonds is 3. The zero-order valence-electron chi connectivity index (χ0n) is 13.1. The van der Waals surface area contributed by atoms with E-state index in [1.165, 1.54) is 10.8 Å². The minimum atomic E-state index is 0.741. The number of hydrogen-bond acceptors (Lipinski definition) is 1. The predicted octanol–water partition coefficient (Wildman–Crippen LogP) is 6.96. The van der Waals surface area contributed by atoms with Crippen LogP contribution in [0.5, 0.6) is 0 Å². The van der Waals surface area contributed by atoms with Crippen LogP contribution >= 0.6 is 11.6 Å². The molecule has 0 saturated carbocycles. The van der Waals surface area contributed by atoms with Gasteiger partial charge in [-0.2, -0.15) is 0 Å². The normalized spacial score (nSPS) is 10.7. The summed E-state index contributed by atoms with van der Waals surface area (Å²) in [6, 6.07) is 33.3. The van der Waals surface area contributed by atoms with Gasteiger partial charge in [-0.3, -0.25) is 0 Å². The molecule has 24 heavy (non-hydrogen) atoms. The van der Waals surface area contributed by atoms with Crippen LogP contribution in [-0.4, -0.2) is 0 Å². The van der Waals surface area contributed by atoms with E-state index < -0.39 is 0 Å². The average Bonchev–Trinajstić information content (AvgIpc) is 2.64. The Balaban J connectivity index is 1.89. The lowest BCUT2D eigenvalue weighted by Gasteiger charge is -2.25. The Hall–Kier alpha value is -2.77. The molecule has 0 fully saturated rings. The molecule has 4 aromatic rings. The molecule has 0 aromatic heterocycles. The molecule has 0 aliphatic rings. The number of nitrogens with zero attached hydrogens (tertiary/aromatic N) is 1. The van der Waals surface area contributed by atoms with Crippen molar-refractivity contribution in [3.63, 3.8) is 0 Å². The van der Waals surface area contributed by atoms with Crippen LogP contribution in [-0.2, 0) is 0 Å². The van der Waals surface area contributed by atoms with Crippen LogP contribution in [0, 0.1) is 0 Å². The molecule has 1 nitrogen and oxygen atoms in total. The Bertz CT molecular complexity index is 962. The molecule has 4 rings (SSSR count). The summed E-state index contributed by atoms with van der Waals surface area (Å²) in [6.45, 7) is 0. The second-order valence-electron chi connectivity index (χ2n) is 5.68. The number of benzene rings is 4.